The molecule has 0 radical (unpaired) electrons. The van der Waals surface area contributed by atoms with Crippen LogP contribution in [-0.2, 0) is 17.7 Å². The van der Waals surface area contributed by atoms with E-state index < -0.39 is 5.97 Å². The van der Waals surface area contributed by atoms with Crippen molar-refractivity contribution in [3.8, 4) is 0 Å². The standard InChI is InChI=1S/C16H18N2O3S/c1-3-13-8-9-14(22-13)10-17-16(20)18-12-6-4-11(5-7-12)15(19)21-2/h4-9H,3,10H2,1-2H3,(H2,17,18,20). The third-order valence-corrected chi connectivity index (χ3v) is 4.28. The summed E-state index contributed by atoms with van der Waals surface area (Å²) in [5, 5.41) is 5.52. The Labute approximate surface area is 133 Å². The maximum absolute atomic E-state index is 11.8. The number of benzene rings is 1. The summed E-state index contributed by atoms with van der Waals surface area (Å²) in [5.74, 6) is -0.402. The second-order valence-corrected chi connectivity index (χ2v) is 5.85. The molecule has 2 aromatic rings. The second kappa shape index (κ2) is 7.61. The molecular formula is C16H18N2O3S. The van der Waals surface area contributed by atoms with Crippen LogP contribution in [-0.4, -0.2) is 19.1 Å². The zero-order chi connectivity index (χ0) is 15.9. The Bertz CT molecular complexity index is 650. The lowest BCUT2D eigenvalue weighted by molar-refractivity contribution is 0.0601. The summed E-state index contributed by atoms with van der Waals surface area (Å²) < 4.78 is 4.62. The molecule has 0 aliphatic rings. The van der Waals surface area contributed by atoms with Crippen LogP contribution in [0.1, 0.15) is 27.0 Å². The molecular weight excluding hydrogens is 300 g/mol. The van der Waals surface area contributed by atoms with Gasteiger partial charge in [0.15, 0.2) is 0 Å². The molecule has 0 aliphatic carbocycles. The Kier molecular flexibility index (Phi) is 5.55. The highest BCUT2D eigenvalue weighted by atomic mass is 32.1. The maximum Gasteiger partial charge on any atom is 0.337 e. The van der Waals surface area contributed by atoms with Gasteiger partial charge in [0, 0.05) is 15.4 Å². The first kappa shape index (κ1) is 16.0. The minimum Gasteiger partial charge on any atom is -0.465 e. The molecule has 2 amide bonds. The van der Waals surface area contributed by atoms with E-state index in [4.69, 9.17) is 0 Å². The summed E-state index contributed by atoms with van der Waals surface area (Å²) in [6.45, 7) is 2.60. The van der Waals surface area contributed by atoms with Crippen LogP contribution in [0.4, 0.5) is 10.5 Å². The molecule has 0 spiro atoms. The van der Waals surface area contributed by atoms with E-state index in [2.05, 4.69) is 28.4 Å². The van der Waals surface area contributed by atoms with E-state index in [1.165, 1.54) is 12.0 Å². The van der Waals surface area contributed by atoms with Gasteiger partial charge >= 0.3 is 12.0 Å². The quantitative estimate of drug-likeness (QED) is 0.830. The monoisotopic (exact) mass is 318 g/mol. The molecule has 2 rings (SSSR count). The Morgan fingerprint density at radius 2 is 1.77 bits per heavy atom. The molecule has 0 saturated heterocycles. The highest BCUT2D eigenvalue weighted by Crippen LogP contribution is 2.16. The van der Waals surface area contributed by atoms with Crippen molar-refractivity contribution in [3.05, 3.63) is 51.7 Å². The lowest BCUT2D eigenvalue weighted by Crippen LogP contribution is -2.27. The normalized spacial score (nSPS) is 10.1. The van der Waals surface area contributed by atoms with Crippen LogP contribution in [0.3, 0.4) is 0 Å². The van der Waals surface area contributed by atoms with Crippen molar-refractivity contribution in [2.75, 3.05) is 12.4 Å². The van der Waals surface area contributed by atoms with Gasteiger partial charge in [0.1, 0.15) is 0 Å². The van der Waals surface area contributed by atoms with Gasteiger partial charge in [0.25, 0.3) is 0 Å². The highest BCUT2D eigenvalue weighted by molar-refractivity contribution is 7.11. The van der Waals surface area contributed by atoms with Gasteiger partial charge in [-0.1, -0.05) is 6.92 Å². The Morgan fingerprint density at radius 1 is 1.09 bits per heavy atom. The summed E-state index contributed by atoms with van der Waals surface area (Å²) >= 11 is 1.69. The summed E-state index contributed by atoms with van der Waals surface area (Å²) in [6.07, 6.45) is 1.00. The van der Waals surface area contributed by atoms with Crippen molar-refractivity contribution in [3.63, 3.8) is 0 Å². The smallest absolute Gasteiger partial charge is 0.337 e. The van der Waals surface area contributed by atoms with E-state index in [1.54, 1.807) is 35.6 Å². The van der Waals surface area contributed by atoms with Gasteiger partial charge in [-0.2, -0.15) is 0 Å². The van der Waals surface area contributed by atoms with Crippen LogP contribution in [0.2, 0.25) is 0 Å². The van der Waals surface area contributed by atoms with Gasteiger partial charge < -0.3 is 15.4 Å². The Morgan fingerprint density at radius 3 is 2.36 bits per heavy atom. The van der Waals surface area contributed by atoms with E-state index in [-0.39, 0.29) is 6.03 Å². The van der Waals surface area contributed by atoms with Crippen LogP contribution < -0.4 is 10.6 Å². The second-order valence-electron chi connectivity index (χ2n) is 4.60. The number of carbonyl (C=O) groups is 2. The number of rotatable bonds is 5. The minimum atomic E-state index is -0.402. The van der Waals surface area contributed by atoms with Crippen LogP contribution in [0.5, 0.6) is 0 Å². The van der Waals surface area contributed by atoms with E-state index in [1.807, 2.05) is 6.07 Å². The number of amides is 2. The Balaban J connectivity index is 1.85. The van der Waals surface area contributed by atoms with Crippen molar-refractivity contribution in [2.24, 2.45) is 0 Å². The first-order chi connectivity index (χ1) is 10.6. The summed E-state index contributed by atoms with van der Waals surface area (Å²) in [5.41, 5.74) is 1.06. The van der Waals surface area contributed by atoms with E-state index in [0.29, 0.717) is 17.8 Å². The maximum atomic E-state index is 11.8. The number of anilines is 1. The number of methoxy groups -OCH3 is 1. The number of carbonyl (C=O) groups excluding carboxylic acids is 2. The lowest BCUT2D eigenvalue weighted by Gasteiger charge is -2.07. The van der Waals surface area contributed by atoms with Gasteiger partial charge in [-0.15, -0.1) is 11.3 Å². The number of nitrogens with one attached hydrogen (secondary N) is 2. The first-order valence-corrected chi connectivity index (χ1v) is 7.75. The van der Waals surface area contributed by atoms with Gasteiger partial charge in [-0.3, -0.25) is 0 Å². The zero-order valence-corrected chi connectivity index (χ0v) is 13.3. The number of ether oxygens (including phenoxy) is 1. The van der Waals surface area contributed by atoms with Crippen molar-refractivity contribution < 1.29 is 14.3 Å². The molecule has 0 bridgehead atoms. The third-order valence-electron chi connectivity index (χ3n) is 3.05. The summed E-state index contributed by atoms with van der Waals surface area (Å²) in [7, 11) is 1.33. The van der Waals surface area contributed by atoms with Crippen molar-refractivity contribution in [1.29, 1.82) is 0 Å². The van der Waals surface area contributed by atoms with Crippen molar-refractivity contribution in [1.82, 2.24) is 5.32 Å². The molecule has 0 aliphatic heterocycles. The van der Waals surface area contributed by atoms with E-state index in [0.717, 1.165) is 11.3 Å². The van der Waals surface area contributed by atoms with Crippen LogP contribution in [0.25, 0.3) is 0 Å². The molecule has 0 atom stereocenters. The molecule has 0 saturated carbocycles. The first-order valence-electron chi connectivity index (χ1n) is 6.93. The Hall–Kier alpha value is -2.34. The third kappa shape index (κ3) is 4.33. The van der Waals surface area contributed by atoms with Gasteiger partial charge in [-0.05, 0) is 42.8 Å². The topological polar surface area (TPSA) is 67.4 Å². The van der Waals surface area contributed by atoms with Crippen LogP contribution in [0, 0.1) is 0 Å². The molecule has 0 unspecified atom stereocenters. The van der Waals surface area contributed by atoms with Gasteiger partial charge in [0.05, 0.1) is 19.2 Å². The number of hydrogen-bond acceptors (Lipinski definition) is 4. The predicted molar refractivity (Wildman–Crippen MR) is 87.3 cm³/mol. The molecule has 1 aromatic heterocycles. The summed E-state index contributed by atoms with van der Waals surface area (Å²) in [6, 6.07) is 10.3. The molecule has 6 heteroatoms. The van der Waals surface area contributed by atoms with Crippen LogP contribution >= 0.6 is 11.3 Å². The number of aryl methyl sites for hydroxylation is 1. The minimum absolute atomic E-state index is 0.280. The highest BCUT2D eigenvalue weighted by Gasteiger charge is 2.06. The average Bonchev–Trinajstić information content (AvgIpc) is 3.01. The molecule has 1 heterocycles. The predicted octanol–water partition coefficient (Wildman–Crippen LogP) is 3.42. The largest absolute Gasteiger partial charge is 0.465 e. The number of hydrogen-bond donors (Lipinski definition) is 2. The van der Waals surface area contributed by atoms with Crippen molar-refractivity contribution in [2.45, 2.75) is 19.9 Å². The van der Waals surface area contributed by atoms with Crippen LogP contribution in [0.15, 0.2) is 36.4 Å². The molecule has 0 fully saturated rings. The average molecular weight is 318 g/mol. The van der Waals surface area contributed by atoms with Crippen molar-refractivity contribution >= 4 is 29.0 Å². The summed E-state index contributed by atoms with van der Waals surface area (Å²) in [4.78, 5) is 25.6. The number of thiophene rings is 1. The molecule has 116 valence electrons. The number of urea groups is 1. The van der Waals surface area contributed by atoms with E-state index in [9.17, 15) is 9.59 Å². The fourth-order valence-corrected chi connectivity index (χ4v) is 2.76. The molecule has 5 nitrogen and oxygen atoms in total. The number of esters is 1. The molecule has 2 N–H and O–H groups in total. The fraction of sp³-hybridized carbons (Fsp3) is 0.250. The van der Waals surface area contributed by atoms with E-state index >= 15 is 0 Å². The zero-order valence-electron chi connectivity index (χ0n) is 12.5. The SMILES string of the molecule is CCc1ccc(CNC(=O)Nc2ccc(C(=O)OC)cc2)s1. The van der Waals surface area contributed by atoms with Gasteiger partial charge in [0.2, 0.25) is 0 Å². The molecule has 1 aromatic carbocycles. The lowest BCUT2D eigenvalue weighted by atomic mass is 10.2. The fourth-order valence-electron chi connectivity index (χ4n) is 1.86. The van der Waals surface area contributed by atoms with Gasteiger partial charge in [-0.25, -0.2) is 9.59 Å². The molecule has 22 heavy (non-hydrogen) atoms.